The van der Waals surface area contributed by atoms with Gasteiger partial charge in [-0.1, -0.05) is 46.6 Å². The molecule has 0 amide bonds. The number of aromatic nitrogens is 2. The average molecular weight is 462 g/mol. The first-order valence-corrected chi connectivity index (χ1v) is 13.5. The van der Waals surface area contributed by atoms with E-state index in [1.807, 2.05) is 12.3 Å². The number of hydrogen-bond acceptors (Lipinski definition) is 3. The molecule has 184 valence electrons. The third-order valence-electron chi connectivity index (χ3n) is 8.03. The second-order valence-corrected chi connectivity index (χ2v) is 10.2. The number of methoxy groups -OCH3 is 1. The minimum Gasteiger partial charge on any atom is -0.481 e. The summed E-state index contributed by atoms with van der Waals surface area (Å²) in [7, 11) is 1.67. The zero-order valence-corrected chi connectivity index (χ0v) is 21.9. The first-order chi connectivity index (χ1) is 16.6. The summed E-state index contributed by atoms with van der Waals surface area (Å²) in [5.74, 6) is 2.14. The Bertz CT molecular complexity index is 1060. The molecular formula is C30H43N3O. The highest BCUT2D eigenvalue weighted by molar-refractivity contribution is 5.91. The lowest BCUT2D eigenvalue weighted by molar-refractivity contribution is 0.125. The lowest BCUT2D eigenvalue weighted by Crippen LogP contribution is -2.41. The SMILES string of the molecule is CCC[C@H](CC(C)CC)N1CCC(c2ccc3[nH]c(-c4ccnc(OC)c4)c(CC)c3c2)CC1. The number of rotatable bonds is 10. The quantitative estimate of drug-likeness (QED) is 0.338. The Labute approximate surface area is 206 Å². The van der Waals surface area contributed by atoms with Gasteiger partial charge >= 0.3 is 0 Å². The molecule has 0 spiro atoms. The van der Waals surface area contributed by atoms with Crippen molar-refractivity contribution >= 4 is 10.9 Å². The fraction of sp³-hybridized carbons (Fsp3) is 0.567. The minimum atomic E-state index is 0.653. The van der Waals surface area contributed by atoms with Crippen LogP contribution in [0.4, 0.5) is 0 Å². The second kappa shape index (κ2) is 11.4. The van der Waals surface area contributed by atoms with E-state index in [9.17, 15) is 0 Å². The summed E-state index contributed by atoms with van der Waals surface area (Å²) in [5.41, 5.74) is 6.45. The molecule has 0 radical (unpaired) electrons. The molecule has 3 heterocycles. The fourth-order valence-electron chi connectivity index (χ4n) is 5.82. The van der Waals surface area contributed by atoms with Crippen molar-refractivity contribution in [3.8, 4) is 17.1 Å². The van der Waals surface area contributed by atoms with Gasteiger partial charge in [0.2, 0.25) is 5.88 Å². The molecular weight excluding hydrogens is 418 g/mol. The molecule has 1 aliphatic rings. The second-order valence-electron chi connectivity index (χ2n) is 10.2. The smallest absolute Gasteiger partial charge is 0.213 e. The first-order valence-electron chi connectivity index (χ1n) is 13.5. The van der Waals surface area contributed by atoms with Crippen LogP contribution in [0.2, 0.25) is 0 Å². The van der Waals surface area contributed by atoms with Gasteiger partial charge in [0.25, 0.3) is 0 Å². The van der Waals surface area contributed by atoms with Crippen LogP contribution in [0.25, 0.3) is 22.2 Å². The first kappa shape index (κ1) is 24.8. The van der Waals surface area contributed by atoms with Crippen molar-refractivity contribution in [2.75, 3.05) is 20.2 Å². The van der Waals surface area contributed by atoms with Crippen LogP contribution in [-0.2, 0) is 6.42 Å². The summed E-state index contributed by atoms with van der Waals surface area (Å²) >= 11 is 0. The van der Waals surface area contributed by atoms with Gasteiger partial charge < -0.3 is 14.6 Å². The van der Waals surface area contributed by atoms with Crippen molar-refractivity contribution < 1.29 is 4.74 Å². The number of benzene rings is 1. The van der Waals surface area contributed by atoms with Crippen LogP contribution in [0.1, 0.15) is 83.3 Å². The Morgan fingerprint density at radius 1 is 1.12 bits per heavy atom. The standard InChI is InChI=1S/C30H43N3O/c1-6-9-25(18-21(4)7-2)33-16-13-22(14-17-33)23-10-11-28-27(19-23)26(8-3)30(32-28)24-12-15-31-29(20-24)34-5/h10-12,15,19-22,25,32H,6-9,13-14,16-18H2,1-5H3/t21?,25-/m1/s1. The van der Waals surface area contributed by atoms with Gasteiger partial charge in [-0.05, 0) is 86.4 Å². The van der Waals surface area contributed by atoms with Gasteiger partial charge in [0.1, 0.15) is 0 Å². The molecule has 1 saturated heterocycles. The van der Waals surface area contributed by atoms with Gasteiger partial charge in [0.15, 0.2) is 0 Å². The predicted octanol–water partition coefficient (Wildman–Crippen LogP) is 7.59. The number of aromatic amines is 1. The topological polar surface area (TPSA) is 41.2 Å². The molecule has 1 unspecified atom stereocenters. The number of aryl methyl sites for hydroxylation is 1. The molecule has 0 saturated carbocycles. The number of ether oxygens (including phenoxy) is 1. The van der Waals surface area contributed by atoms with E-state index in [2.05, 4.69) is 66.8 Å². The van der Waals surface area contributed by atoms with Crippen molar-refractivity contribution in [2.45, 2.75) is 84.6 Å². The van der Waals surface area contributed by atoms with Gasteiger partial charge in [-0.2, -0.15) is 0 Å². The van der Waals surface area contributed by atoms with Crippen LogP contribution < -0.4 is 4.74 Å². The molecule has 0 aliphatic carbocycles. The van der Waals surface area contributed by atoms with E-state index in [1.54, 1.807) is 7.11 Å². The van der Waals surface area contributed by atoms with Crippen molar-refractivity contribution in [2.24, 2.45) is 5.92 Å². The summed E-state index contributed by atoms with van der Waals surface area (Å²) in [6.45, 7) is 11.8. The Hall–Kier alpha value is -2.33. The van der Waals surface area contributed by atoms with Gasteiger partial charge in [-0.15, -0.1) is 0 Å². The molecule has 4 heteroatoms. The largest absolute Gasteiger partial charge is 0.481 e. The van der Waals surface area contributed by atoms with Crippen molar-refractivity contribution in [1.82, 2.24) is 14.9 Å². The summed E-state index contributed by atoms with van der Waals surface area (Å²) in [5, 5.41) is 1.37. The summed E-state index contributed by atoms with van der Waals surface area (Å²) in [4.78, 5) is 10.8. The average Bonchev–Trinajstić information content (AvgIpc) is 3.26. The van der Waals surface area contributed by atoms with Crippen LogP contribution in [0.15, 0.2) is 36.5 Å². The van der Waals surface area contributed by atoms with Crippen molar-refractivity contribution in [3.05, 3.63) is 47.7 Å². The van der Waals surface area contributed by atoms with Crippen molar-refractivity contribution in [1.29, 1.82) is 0 Å². The molecule has 0 bridgehead atoms. The number of H-pyrrole nitrogens is 1. The third-order valence-corrected chi connectivity index (χ3v) is 8.03. The monoisotopic (exact) mass is 461 g/mol. The molecule has 4 nitrogen and oxygen atoms in total. The van der Waals surface area contributed by atoms with Gasteiger partial charge in [-0.25, -0.2) is 4.98 Å². The fourth-order valence-corrected chi connectivity index (χ4v) is 5.82. The minimum absolute atomic E-state index is 0.653. The maximum absolute atomic E-state index is 5.36. The predicted molar refractivity (Wildman–Crippen MR) is 144 cm³/mol. The maximum Gasteiger partial charge on any atom is 0.213 e. The number of likely N-dealkylation sites (tertiary alicyclic amines) is 1. The van der Waals surface area contributed by atoms with Crippen LogP contribution >= 0.6 is 0 Å². The van der Waals surface area contributed by atoms with Gasteiger partial charge in [0.05, 0.1) is 7.11 Å². The van der Waals surface area contributed by atoms with Crippen LogP contribution in [0, 0.1) is 5.92 Å². The number of nitrogens with one attached hydrogen (secondary N) is 1. The number of hydrogen-bond donors (Lipinski definition) is 1. The van der Waals surface area contributed by atoms with E-state index in [0.29, 0.717) is 11.8 Å². The Morgan fingerprint density at radius 2 is 1.91 bits per heavy atom. The molecule has 1 aromatic carbocycles. The van der Waals surface area contributed by atoms with Crippen molar-refractivity contribution in [3.63, 3.8) is 0 Å². The van der Waals surface area contributed by atoms with Gasteiger partial charge in [-0.3, -0.25) is 0 Å². The number of fused-ring (bicyclic) bond motifs is 1. The van der Waals surface area contributed by atoms with Crippen LogP contribution in [0.5, 0.6) is 5.88 Å². The highest BCUT2D eigenvalue weighted by Gasteiger charge is 2.27. The van der Waals surface area contributed by atoms with Gasteiger partial charge in [0, 0.05) is 40.5 Å². The summed E-state index contributed by atoms with van der Waals surface area (Å²) < 4.78 is 5.36. The van der Waals surface area contributed by atoms with E-state index in [4.69, 9.17) is 4.74 Å². The molecule has 1 N–H and O–H groups in total. The maximum atomic E-state index is 5.36. The summed E-state index contributed by atoms with van der Waals surface area (Å²) in [6.07, 6.45) is 10.6. The highest BCUT2D eigenvalue weighted by atomic mass is 16.5. The molecule has 2 atom stereocenters. The molecule has 1 fully saturated rings. The lowest BCUT2D eigenvalue weighted by atomic mass is 9.86. The Morgan fingerprint density at radius 3 is 2.59 bits per heavy atom. The van der Waals surface area contributed by atoms with Crippen LogP contribution in [0.3, 0.4) is 0 Å². The zero-order chi connectivity index (χ0) is 24.1. The van der Waals surface area contributed by atoms with E-state index >= 15 is 0 Å². The molecule has 1 aliphatic heterocycles. The number of pyridine rings is 1. The van der Waals surface area contributed by atoms with E-state index < -0.39 is 0 Å². The van der Waals surface area contributed by atoms with E-state index in [1.165, 1.54) is 79.3 Å². The highest BCUT2D eigenvalue weighted by Crippen LogP contribution is 2.36. The van der Waals surface area contributed by atoms with E-state index in [0.717, 1.165) is 23.9 Å². The molecule has 34 heavy (non-hydrogen) atoms. The molecule has 3 aromatic rings. The Balaban J connectivity index is 1.53. The molecule has 2 aromatic heterocycles. The Kier molecular flexibility index (Phi) is 8.31. The normalized spacial score (nSPS) is 17.2. The number of nitrogens with zero attached hydrogens (tertiary/aromatic N) is 2. The van der Waals surface area contributed by atoms with E-state index in [-0.39, 0.29) is 0 Å². The van der Waals surface area contributed by atoms with Crippen LogP contribution in [-0.4, -0.2) is 41.1 Å². The molecule has 4 rings (SSSR count). The zero-order valence-electron chi connectivity index (χ0n) is 21.9. The lowest BCUT2D eigenvalue weighted by Gasteiger charge is -2.39. The number of piperidine rings is 1. The third kappa shape index (κ3) is 5.33. The summed E-state index contributed by atoms with van der Waals surface area (Å²) in [6, 6.07) is 12.0.